The maximum atomic E-state index is 10.3. The molecule has 1 N–H and O–H groups in total. The number of hydrogen-bond donors (Lipinski definition) is 1. The zero-order valence-electron chi connectivity index (χ0n) is 10.6. The van der Waals surface area contributed by atoms with Gasteiger partial charge in [0, 0.05) is 13.2 Å². The molecule has 1 aliphatic rings. The first-order valence-electron chi connectivity index (χ1n) is 6.66. The summed E-state index contributed by atoms with van der Waals surface area (Å²) < 4.78 is 5.33. The van der Waals surface area contributed by atoms with Gasteiger partial charge in [-0.1, -0.05) is 37.6 Å². The molecule has 2 rings (SSSR count). The second-order valence-electron chi connectivity index (χ2n) is 4.89. The third-order valence-electron chi connectivity index (χ3n) is 3.57. The molecule has 1 aromatic rings. The van der Waals surface area contributed by atoms with Crippen molar-refractivity contribution in [1.29, 1.82) is 0 Å². The molecule has 1 saturated heterocycles. The van der Waals surface area contributed by atoms with Crippen LogP contribution in [0.2, 0.25) is 0 Å². The third kappa shape index (κ3) is 3.30. The maximum Gasteiger partial charge on any atom is 0.0819 e. The Morgan fingerprint density at radius 1 is 1.24 bits per heavy atom. The van der Waals surface area contributed by atoms with Crippen LogP contribution in [-0.4, -0.2) is 18.3 Å². The summed E-state index contributed by atoms with van der Waals surface area (Å²) >= 11 is 0. The predicted molar refractivity (Wildman–Crippen MR) is 68.9 cm³/mol. The summed E-state index contributed by atoms with van der Waals surface area (Å²) in [6.07, 6.45) is 3.90. The highest BCUT2D eigenvalue weighted by Gasteiger charge is 2.23. The highest BCUT2D eigenvalue weighted by Crippen LogP contribution is 2.29. The average molecular weight is 234 g/mol. The van der Waals surface area contributed by atoms with Crippen LogP contribution in [0.4, 0.5) is 0 Å². The van der Waals surface area contributed by atoms with Crippen molar-refractivity contribution in [2.24, 2.45) is 5.92 Å². The van der Waals surface area contributed by atoms with Crippen molar-refractivity contribution < 1.29 is 9.84 Å². The molecule has 0 aromatic heterocycles. The van der Waals surface area contributed by atoms with E-state index in [-0.39, 0.29) is 6.10 Å². The van der Waals surface area contributed by atoms with Gasteiger partial charge in [0.1, 0.15) is 0 Å². The van der Waals surface area contributed by atoms with Crippen molar-refractivity contribution in [2.75, 3.05) is 13.2 Å². The van der Waals surface area contributed by atoms with Crippen molar-refractivity contribution in [2.45, 2.75) is 38.7 Å². The van der Waals surface area contributed by atoms with Crippen LogP contribution < -0.4 is 0 Å². The van der Waals surface area contributed by atoms with Crippen molar-refractivity contribution >= 4 is 0 Å². The highest BCUT2D eigenvalue weighted by atomic mass is 16.5. The first-order valence-corrected chi connectivity index (χ1v) is 6.66. The van der Waals surface area contributed by atoms with Crippen molar-refractivity contribution in [3.63, 3.8) is 0 Å². The van der Waals surface area contributed by atoms with E-state index in [0.717, 1.165) is 38.0 Å². The summed E-state index contributed by atoms with van der Waals surface area (Å²) in [7, 11) is 0. The van der Waals surface area contributed by atoms with E-state index in [9.17, 15) is 5.11 Å². The van der Waals surface area contributed by atoms with Gasteiger partial charge in [-0.25, -0.2) is 0 Å². The molecule has 1 unspecified atom stereocenters. The molecule has 0 bridgehead atoms. The second-order valence-corrected chi connectivity index (χ2v) is 4.89. The van der Waals surface area contributed by atoms with Gasteiger partial charge in [0.15, 0.2) is 0 Å². The molecule has 1 fully saturated rings. The quantitative estimate of drug-likeness (QED) is 0.867. The molecule has 1 heterocycles. The smallest absolute Gasteiger partial charge is 0.0819 e. The summed E-state index contributed by atoms with van der Waals surface area (Å²) in [5, 5.41) is 10.3. The van der Waals surface area contributed by atoms with E-state index in [1.54, 1.807) is 0 Å². The normalized spacial score (nSPS) is 19.2. The van der Waals surface area contributed by atoms with Crippen LogP contribution in [0.1, 0.15) is 43.4 Å². The lowest BCUT2D eigenvalue weighted by atomic mass is 9.89. The van der Waals surface area contributed by atoms with E-state index in [1.807, 2.05) is 0 Å². The standard InChI is InChI=1S/C15H22O2/c1-2-3-12-4-6-13(7-5-12)15(16)14-8-10-17-11-9-14/h4-7,14-16H,2-3,8-11H2,1H3. The van der Waals surface area contributed by atoms with Crippen LogP contribution >= 0.6 is 0 Å². The van der Waals surface area contributed by atoms with Crippen LogP contribution in [0.5, 0.6) is 0 Å². The Bertz CT molecular complexity index is 325. The Morgan fingerprint density at radius 2 is 1.88 bits per heavy atom. The average Bonchev–Trinajstić information content (AvgIpc) is 2.40. The summed E-state index contributed by atoms with van der Waals surface area (Å²) in [6, 6.07) is 8.43. The molecule has 1 atom stereocenters. The second kappa shape index (κ2) is 6.18. The largest absolute Gasteiger partial charge is 0.388 e. The summed E-state index contributed by atoms with van der Waals surface area (Å²) in [6.45, 7) is 3.76. The molecule has 0 aliphatic carbocycles. The number of ether oxygens (including phenoxy) is 1. The molecule has 0 saturated carbocycles. The predicted octanol–water partition coefficient (Wildman–Crippen LogP) is 3.10. The molecule has 94 valence electrons. The molecule has 0 spiro atoms. The monoisotopic (exact) mass is 234 g/mol. The van der Waals surface area contributed by atoms with Gasteiger partial charge in [-0.2, -0.15) is 0 Å². The molecule has 0 amide bonds. The molecule has 2 heteroatoms. The lowest BCUT2D eigenvalue weighted by Crippen LogP contribution is -2.21. The number of aliphatic hydroxyl groups excluding tert-OH is 1. The zero-order chi connectivity index (χ0) is 12.1. The Kier molecular flexibility index (Phi) is 4.57. The lowest BCUT2D eigenvalue weighted by Gasteiger charge is -2.27. The molecule has 1 aliphatic heterocycles. The minimum Gasteiger partial charge on any atom is -0.388 e. The molecular weight excluding hydrogens is 212 g/mol. The first kappa shape index (κ1) is 12.6. The van der Waals surface area contributed by atoms with E-state index in [4.69, 9.17) is 4.74 Å². The van der Waals surface area contributed by atoms with Crippen LogP contribution in [-0.2, 0) is 11.2 Å². The Labute approximate surface area is 104 Å². The van der Waals surface area contributed by atoms with Crippen LogP contribution in [0.15, 0.2) is 24.3 Å². The maximum absolute atomic E-state index is 10.3. The van der Waals surface area contributed by atoms with Gasteiger partial charge < -0.3 is 9.84 Å². The van der Waals surface area contributed by atoms with Gasteiger partial charge in [-0.05, 0) is 36.3 Å². The number of hydrogen-bond acceptors (Lipinski definition) is 2. The number of aryl methyl sites for hydroxylation is 1. The third-order valence-corrected chi connectivity index (χ3v) is 3.57. The van der Waals surface area contributed by atoms with Gasteiger partial charge in [-0.3, -0.25) is 0 Å². The topological polar surface area (TPSA) is 29.5 Å². The zero-order valence-corrected chi connectivity index (χ0v) is 10.6. The Balaban J connectivity index is 2.00. The molecule has 0 radical (unpaired) electrons. The van der Waals surface area contributed by atoms with E-state index >= 15 is 0 Å². The van der Waals surface area contributed by atoms with Crippen LogP contribution in [0.25, 0.3) is 0 Å². The van der Waals surface area contributed by atoms with Crippen molar-refractivity contribution in [1.82, 2.24) is 0 Å². The number of rotatable bonds is 4. The molecule has 17 heavy (non-hydrogen) atoms. The SMILES string of the molecule is CCCc1ccc(C(O)C2CCOCC2)cc1. The fourth-order valence-electron chi connectivity index (χ4n) is 2.47. The highest BCUT2D eigenvalue weighted by molar-refractivity contribution is 5.24. The van der Waals surface area contributed by atoms with Gasteiger partial charge in [0.25, 0.3) is 0 Å². The van der Waals surface area contributed by atoms with E-state index in [1.165, 1.54) is 12.0 Å². The molecule has 1 aromatic carbocycles. The van der Waals surface area contributed by atoms with E-state index in [2.05, 4.69) is 31.2 Å². The van der Waals surface area contributed by atoms with Gasteiger partial charge in [0.05, 0.1) is 6.10 Å². The summed E-state index contributed by atoms with van der Waals surface area (Å²) in [5.74, 6) is 0.362. The first-order chi connectivity index (χ1) is 8.31. The summed E-state index contributed by atoms with van der Waals surface area (Å²) in [5.41, 5.74) is 2.41. The summed E-state index contributed by atoms with van der Waals surface area (Å²) in [4.78, 5) is 0. The van der Waals surface area contributed by atoms with Crippen LogP contribution in [0.3, 0.4) is 0 Å². The number of aliphatic hydroxyl groups is 1. The molecular formula is C15H22O2. The molecule has 2 nitrogen and oxygen atoms in total. The van der Waals surface area contributed by atoms with E-state index < -0.39 is 0 Å². The van der Waals surface area contributed by atoms with Crippen molar-refractivity contribution in [3.05, 3.63) is 35.4 Å². The Morgan fingerprint density at radius 3 is 2.47 bits per heavy atom. The van der Waals surface area contributed by atoms with Crippen molar-refractivity contribution in [3.8, 4) is 0 Å². The fourth-order valence-corrected chi connectivity index (χ4v) is 2.47. The van der Waals surface area contributed by atoms with Gasteiger partial charge in [0.2, 0.25) is 0 Å². The Hall–Kier alpha value is -0.860. The minimum atomic E-state index is -0.324. The fraction of sp³-hybridized carbons (Fsp3) is 0.600. The lowest BCUT2D eigenvalue weighted by molar-refractivity contribution is 0.00718. The van der Waals surface area contributed by atoms with Gasteiger partial charge >= 0.3 is 0 Å². The van der Waals surface area contributed by atoms with Gasteiger partial charge in [-0.15, -0.1) is 0 Å². The number of benzene rings is 1. The van der Waals surface area contributed by atoms with Crippen LogP contribution in [0, 0.1) is 5.92 Å². The minimum absolute atomic E-state index is 0.324. The van der Waals surface area contributed by atoms with E-state index in [0.29, 0.717) is 5.92 Å².